The molecule has 0 aliphatic carbocycles. The van der Waals surface area contributed by atoms with Crippen LogP contribution in [0.3, 0.4) is 0 Å². The first-order valence-corrected chi connectivity index (χ1v) is 9.98. The Morgan fingerprint density at radius 3 is 2.63 bits per heavy atom. The summed E-state index contributed by atoms with van der Waals surface area (Å²) in [5.74, 6) is 0.483. The van der Waals surface area contributed by atoms with E-state index in [9.17, 15) is 15.2 Å². The fraction of sp³-hybridized carbons (Fsp3) is 0.217. The van der Waals surface area contributed by atoms with Crippen molar-refractivity contribution in [3.05, 3.63) is 70.3 Å². The van der Waals surface area contributed by atoms with Gasteiger partial charge in [-0.05, 0) is 24.6 Å². The van der Waals surface area contributed by atoms with E-state index in [1.54, 1.807) is 24.3 Å². The van der Waals surface area contributed by atoms with Gasteiger partial charge in [-0.3, -0.25) is 10.1 Å². The number of para-hydroxylation sites is 2. The molecule has 1 N–H and O–H groups in total. The highest BCUT2D eigenvalue weighted by Crippen LogP contribution is 2.35. The third kappa shape index (κ3) is 3.61. The molecule has 0 bridgehead atoms. The van der Waals surface area contributed by atoms with Crippen LogP contribution in [0.4, 0.5) is 11.6 Å². The van der Waals surface area contributed by atoms with E-state index in [1.807, 2.05) is 28.8 Å². The average Bonchev–Trinajstić information content (AvgIpc) is 3.11. The Kier molecular flexibility index (Phi) is 5.43. The third-order valence-electron chi connectivity index (χ3n) is 5.16. The van der Waals surface area contributed by atoms with Crippen LogP contribution in [0, 0.1) is 10.1 Å². The van der Waals surface area contributed by atoms with Gasteiger partial charge in [0.1, 0.15) is 5.75 Å². The number of nitrogens with zero attached hydrogens (tertiary/aromatic N) is 4. The SMILES string of the molecule is CCCCCn1c(/N=C/c2cc([N+](=O)[O-])c3ccccc3c2O)nc2ccccc21. The number of phenols is 1. The summed E-state index contributed by atoms with van der Waals surface area (Å²) in [6, 6.07) is 15.9. The topological polar surface area (TPSA) is 93.5 Å². The standard InChI is InChI=1S/C23H22N4O3/c1-2-3-8-13-26-20-12-7-6-11-19(20)25-23(26)24-15-16-14-21(27(29)30)17-9-4-5-10-18(17)22(16)28/h4-7,9-12,14-15,28H,2-3,8,13H2,1H3/b24-15+. The Morgan fingerprint density at radius 2 is 1.87 bits per heavy atom. The summed E-state index contributed by atoms with van der Waals surface area (Å²) in [6.07, 6.45) is 4.67. The first-order valence-electron chi connectivity index (χ1n) is 9.98. The predicted octanol–water partition coefficient (Wildman–Crippen LogP) is 5.74. The Morgan fingerprint density at radius 1 is 1.13 bits per heavy atom. The van der Waals surface area contributed by atoms with Gasteiger partial charge in [0, 0.05) is 29.8 Å². The molecule has 152 valence electrons. The van der Waals surface area contributed by atoms with Crippen molar-refractivity contribution >= 4 is 39.7 Å². The van der Waals surface area contributed by atoms with Gasteiger partial charge in [-0.25, -0.2) is 9.98 Å². The Labute approximate surface area is 173 Å². The predicted molar refractivity (Wildman–Crippen MR) is 119 cm³/mol. The summed E-state index contributed by atoms with van der Waals surface area (Å²) in [6.45, 7) is 2.94. The van der Waals surface area contributed by atoms with E-state index in [1.165, 1.54) is 12.3 Å². The summed E-state index contributed by atoms with van der Waals surface area (Å²) < 4.78 is 2.05. The number of aryl methyl sites for hydroxylation is 1. The van der Waals surface area contributed by atoms with Gasteiger partial charge in [0.2, 0.25) is 5.95 Å². The molecule has 0 saturated carbocycles. The van der Waals surface area contributed by atoms with E-state index in [2.05, 4.69) is 16.9 Å². The minimum absolute atomic E-state index is 0.0337. The average molecular weight is 402 g/mol. The van der Waals surface area contributed by atoms with Crippen molar-refractivity contribution in [3.8, 4) is 5.75 Å². The van der Waals surface area contributed by atoms with Crippen molar-refractivity contribution in [1.29, 1.82) is 0 Å². The number of imidazole rings is 1. The first kappa shape index (κ1) is 19.6. The highest BCUT2D eigenvalue weighted by atomic mass is 16.6. The van der Waals surface area contributed by atoms with Crippen molar-refractivity contribution in [2.24, 2.45) is 4.99 Å². The van der Waals surface area contributed by atoms with Crippen LogP contribution in [0.5, 0.6) is 5.75 Å². The van der Waals surface area contributed by atoms with Crippen LogP contribution in [-0.2, 0) is 6.54 Å². The number of benzene rings is 3. The maximum absolute atomic E-state index is 11.5. The largest absolute Gasteiger partial charge is 0.507 e. The highest BCUT2D eigenvalue weighted by molar-refractivity contribution is 6.02. The molecule has 3 aromatic carbocycles. The van der Waals surface area contributed by atoms with E-state index >= 15 is 0 Å². The molecule has 1 aromatic heterocycles. The molecule has 7 nitrogen and oxygen atoms in total. The number of hydrogen-bond donors (Lipinski definition) is 1. The number of rotatable bonds is 7. The lowest BCUT2D eigenvalue weighted by atomic mass is 10.0. The second-order valence-corrected chi connectivity index (χ2v) is 7.15. The molecule has 0 spiro atoms. The Balaban J connectivity index is 1.80. The molecule has 0 atom stereocenters. The summed E-state index contributed by atoms with van der Waals surface area (Å²) in [5.41, 5.74) is 2.05. The van der Waals surface area contributed by atoms with Crippen LogP contribution < -0.4 is 0 Å². The molecular formula is C23H22N4O3. The van der Waals surface area contributed by atoms with Crippen LogP contribution in [0.2, 0.25) is 0 Å². The van der Waals surface area contributed by atoms with Gasteiger partial charge < -0.3 is 9.67 Å². The van der Waals surface area contributed by atoms with E-state index in [-0.39, 0.29) is 17.0 Å². The maximum atomic E-state index is 11.5. The normalized spacial score (nSPS) is 11.6. The summed E-state index contributed by atoms with van der Waals surface area (Å²) >= 11 is 0. The van der Waals surface area contributed by atoms with Gasteiger partial charge in [-0.1, -0.05) is 50.1 Å². The third-order valence-corrected chi connectivity index (χ3v) is 5.16. The van der Waals surface area contributed by atoms with E-state index < -0.39 is 4.92 Å². The molecule has 7 heteroatoms. The molecule has 4 rings (SSSR count). The minimum Gasteiger partial charge on any atom is -0.507 e. The number of non-ortho nitro benzene ring substituents is 1. The summed E-state index contributed by atoms with van der Waals surface area (Å²) in [7, 11) is 0. The summed E-state index contributed by atoms with van der Waals surface area (Å²) in [5, 5.41) is 23.0. The number of nitro benzene ring substituents is 1. The molecule has 0 aliphatic rings. The zero-order chi connectivity index (χ0) is 21.1. The lowest BCUT2D eigenvalue weighted by molar-refractivity contribution is -0.383. The van der Waals surface area contributed by atoms with Gasteiger partial charge in [0.15, 0.2) is 0 Å². The fourth-order valence-corrected chi connectivity index (χ4v) is 3.64. The zero-order valence-corrected chi connectivity index (χ0v) is 16.7. The molecule has 30 heavy (non-hydrogen) atoms. The molecule has 0 saturated heterocycles. The number of aromatic nitrogens is 2. The van der Waals surface area contributed by atoms with Crippen molar-refractivity contribution < 1.29 is 10.0 Å². The van der Waals surface area contributed by atoms with Gasteiger partial charge in [-0.2, -0.15) is 0 Å². The van der Waals surface area contributed by atoms with Gasteiger partial charge >= 0.3 is 0 Å². The van der Waals surface area contributed by atoms with Crippen molar-refractivity contribution in [2.75, 3.05) is 0 Å². The molecule has 0 amide bonds. The van der Waals surface area contributed by atoms with Crippen LogP contribution in [0.25, 0.3) is 21.8 Å². The van der Waals surface area contributed by atoms with E-state index in [0.717, 1.165) is 36.8 Å². The van der Waals surface area contributed by atoms with Crippen molar-refractivity contribution in [2.45, 2.75) is 32.7 Å². The molecule has 4 aromatic rings. The highest BCUT2D eigenvalue weighted by Gasteiger charge is 2.18. The first-order chi connectivity index (χ1) is 14.6. The lowest BCUT2D eigenvalue weighted by Crippen LogP contribution is -1.98. The van der Waals surface area contributed by atoms with E-state index in [0.29, 0.717) is 16.7 Å². The Bertz CT molecular complexity index is 1260. The number of aromatic hydroxyl groups is 1. The molecule has 0 fully saturated rings. The molecule has 0 unspecified atom stereocenters. The zero-order valence-electron chi connectivity index (χ0n) is 16.7. The monoisotopic (exact) mass is 402 g/mol. The van der Waals surface area contributed by atoms with Gasteiger partial charge in [0.05, 0.1) is 21.3 Å². The number of fused-ring (bicyclic) bond motifs is 2. The van der Waals surface area contributed by atoms with Crippen LogP contribution in [0.15, 0.2) is 59.6 Å². The van der Waals surface area contributed by atoms with Crippen LogP contribution >= 0.6 is 0 Å². The summed E-state index contributed by atoms with van der Waals surface area (Å²) in [4.78, 5) is 20.2. The number of unbranched alkanes of at least 4 members (excludes halogenated alkanes) is 2. The molecule has 0 radical (unpaired) electrons. The number of aliphatic imine (C=N–C) groups is 1. The lowest BCUT2D eigenvalue weighted by Gasteiger charge is -2.07. The second kappa shape index (κ2) is 8.32. The fourth-order valence-electron chi connectivity index (χ4n) is 3.64. The molecule has 0 aliphatic heterocycles. The minimum atomic E-state index is -0.445. The van der Waals surface area contributed by atoms with Crippen molar-refractivity contribution in [1.82, 2.24) is 9.55 Å². The molecule has 1 heterocycles. The Hall–Kier alpha value is -3.74. The number of hydrogen-bond acceptors (Lipinski definition) is 5. The van der Waals surface area contributed by atoms with Gasteiger partial charge in [-0.15, -0.1) is 0 Å². The number of phenolic OH excluding ortho intramolecular Hbond substituents is 1. The smallest absolute Gasteiger partial charge is 0.278 e. The van der Waals surface area contributed by atoms with Crippen LogP contribution in [0.1, 0.15) is 31.7 Å². The van der Waals surface area contributed by atoms with Crippen molar-refractivity contribution in [3.63, 3.8) is 0 Å². The van der Waals surface area contributed by atoms with Crippen LogP contribution in [-0.4, -0.2) is 25.8 Å². The maximum Gasteiger partial charge on any atom is 0.278 e. The quantitative estimate of drug-likeness (QED) is 0.184. The number of nitro groups is 1. The second-order valence-electron chi connectivity index (χ2n) is 7.15. The van der Waals surface area contributed by atoms with E-state index in [4.69, 9.17) is 0 Å². The molecular weight excluding hydrogens is 380 g/mol. The van der Waals surface area contributed by atoms with Gasteiger partial charge in [0.25, 0.3) is 5.69 Å².